The van der Waals surface area contributed by atoms with E-state index in [1.807, 2.05) is 19.9 Å². The highest BCUT2D eigenvalue weighted by Crippen LogP contribution is 2.22. The van der Waals surface area contributed by atoms with Gasteiger partial charge in [0.2, 0.25) is 0 Å². The van der Waals surface area contributed by atoms with Crippen LogP contribution in [0.25, 0.3) is 0 Å². The molecular weight excluding hydrogens is 401 g/mol. The number of halogens is 2. The quantitative estimate of drug-likeness (QED) is 0.405. The van der Waals surface area contributed by atoms with Crippen molar-refractivity contribution in [2.24, 2.45) is 11.0 Å². The van der Waals surface area contributed by atoms with Gasteiger partial charge >= 0.3 is 11.8 Å². The Hall–Kier alpha value is -2.57. The summed E-state index contributed by atoms with van der Waals surface area (Å²) in [7, 11) is 0. The number of benzene rings is 2. The summed E-state index contributed by atoms with van der Waals surface area (Å²) in [6.45, 7) is 4.62. The third-order valence-electron chi connectivity index (χ3n) is 3.55. The lowest BCUT2D eigenvalue weighted by atomic mass is 10.2. The highest BCUT2D eigenvalue weighted by molar-refractivity contribution is 6.35. The molecule has 2 aromatic carbocycles. The average Bonchev–Trinajstić information content (AvgIpc) is 2.66. The Morgan fingerprint density at radius 3 is 2.46 bits per heavy atom. The predicted molar refractivity (Wildman–Crippen MR) is 111 cm³/mol. The maximum Gasteiger partial charge on any atom is 0.329 e. The van der Waals surface area contributed by atoms with Crippen molar-refractivity contribution >= 4 is 41.2 Å². The first-order valence-corrected chi connectivity index (χ1v) is 9.38. The van der Waals surface area contributed by atoms with Crippen molar-refractivity contribution in [2.75, 3.05) is 6.54 Å². The van der Waals surface area contributed by atoms with E-state index < -0.39 is 11.8 Å². The van der Waals surface area contributed by atoms with Crippen LogP contribution in [0.2, 0.25) is 10.0 Å². The number of nitrogens with zero attached hydrogens (tertiary/aromatic N) is 1. The number of hydrazone groups is 1. The van der Waals surface area contributed by atoms with E-state index in [2.05, 4.69) is 15.8 Å². The van der Waals surface area contributed by atoms with Gasteiger partial charge < -0.3 is 10.1 Å². The Balaban J connectivity index is 1.82. The number of nitrogens with one attached hydrogen (secondary N) is 2. The molecule has 0 saturated heterocycles. The van der Waals surface area contributed by atoms with Crippen LogP contribution in [0.15, 0.2) is 47.6 Å². The number of carbonyl (C=O) groups is 2. The molecule has 0 atom stereocenters. The number of ether oxygens (including phenoxy) is 1. The molecule has 0 aliphatic rings. The highest BCUT2D eigenvalue weighted by Gasteiger charge is 2.12. The van der Waals surface area contributed by atoms with Gasteiger partial charge in [-0.05, 0) is 47.9 Å². The number of carbonyl (C=O) groups excluding carboxylic acids is 2. The Labute approximate surface area is 173 Å². The van der Waals surface area contributed by atoms with Gasteiger partial charge in [0.05, 0.1) is 6.21 Å². The zero-order valence-electron chi connectivity index (χ0n) is 15.5. The fourth-order valence-corrected chi connectivity index (χ4v) is 2.51. The standard InChI is InChI=1S/C20H21Cl2N3O3/c1-13(2)10-23-19(26)20(27)25-24-11-14-3-7-17(8-4-14)28-12-15-5-6-16(21)9-18(15)22/h3-9,11,13H,10,12H2,1-2H3,(H,23,26)(H,25,27)/b24-11+. The van der Waals surface area contributed by atoms with E-state index in [4.69, 9.17) is 27.9 Å². The average molecular weight is 422 g/mol. The summed E-state index contributed by atoms with van der Waals surface area (Å²) >= 11 is 12.0. The van der Waals surface area contributed by atoms with Crippen LogP contribution >= 0.6 is 23.2 Å². The molecule has 0 heterocycles. The van der Waals surface area contributed by atoms with Crippen LogP contribution in [0, 0.1) is 5.92 Å². The first-order valence-electron chi connectivity index (χ1n) is 8.63. The first-order chi connectivity index (χ1) is 13.3. The number of rotatable bonds is 7. The van der Waals surface area contributed by atoms with E-state index in [0.717, 1.165) is 11.1 Å². The number of amides is 2. The second-order valence-corrected chi connectivity index (χ2v) is 7.24. The fraction of sp³-hybridized carbons (Fsp3) is 0.250. The Morgan fingerprint density at radius 2 is 1.82 bits per heavy atom. The molecule has 28 heavy (non-hydrogen) atoms. The molecule has 0 saturated carbocycles. The van der Waals surface area contributed by atoms with Crippen LogP contribution in [0.4, 0.5) is 0 Å². The molecular formula is C20H21Cl2N3O3. The van der Waals surface area contributed by atoms with Crippen LogP contribution in [0.3, 0.4) is 0 Å². The molecule has 2 rings (SSSR count). The maximum absolute atomic E-state index is 11.6. The fourth-order valence-electron chi connectivity index (χ4n) is 2.04. The minimum absolute atomic E-state index is 0.261. The van der Waals surface area contributed by atoms with Crippen molar-refractivity contribution in [3.63, 3.8) is 0 Å². The minimum Gasteiger partial charge on any atom is -0.489 e. The van der Waals surface area contributed by atoms with Gasteiger partial charge in [0, 0.05) is 22.2 Å². The van der Waals surface area contributed by atoms with Crippen molar-refractivity contribution in [1.29, 1.82) is 0 Å². The second kappa shape index (κ2) is 10.7. The molecule has 0 bridgehead atoms. The van der Waals surface area contributed by atoms with Gasteiger partial charge in [-0.3, -0.25) is 9.59 Å². The Bertz CT molecular complexity index is 852. The van der Waals surface area contributed by atoms with Crippen molar-refractivity contribution in [1.82, 2.24) is 10.7 Å². The van der Waals surface area contributed by atoms with Crippen LogP contribution in [0.1, 0.15) is 25.0 Å². The monoisotopic (exact) mass is 421 g/mol. The minimum atomic E-state index is -0.809. The molecule has 0 fully saturated rings. The third kappa shape index (κ3) is 7.21. The molecule has 148 valence electrons. The van der Waals surface area contributed by atoms with Crippen LogP contribution in [-0.2, 0) is 16.2 Å². The topological polar surface area (TPSA) is 79.8 Å². The van der Waals surface area contributed by atoms with Crippen LogP contribution in [-0.4, -0.2) is 24.6 Å². The lowest BCUT2D eigenvalue weighted by Gasteiger charge is -2.08. The number of hydrogen-bond acceptors (Lipinski definition) is 4. The van der Waals surface area contributed by atoms with E-state index in [9.17, 15) is 9.59 Å². The maximum atomic E-state index is 11.6. The van der Waals surface area contributed by atoms with Gasteiger partial charge in [0.1, 0.15) is 12.4 Å². The molecule has 8 heteroatoms. The van der Waals surface area contributed by atoms with Crippen molar-refractivity contribution in [2.45, 2.75) is 20.5 Å². The van der Waals surface area contributed by atoms with Gasteiger partial charge in [-0.25, -0.2) is 5.43 Å². The summed E-state index contributed by atoms with van der Waals surface area (Å²) in [6, 6.07) is 12.3. The van der Waals surface area contributed by atoms with E-state index in [-0.39, 0.29) is 5.92 Å². The molecule has 2 N–H and O–H groups in total. The molecule has 6 nitrogen and oxygen atoms in total. The van der Waals surface area contributed by atoms with Crippen molar-refractivity contribution < 1.29 is 14.3 Å². The van der Waals surface area contributed by atoms with Gasteiger partial charge in [0.25, 0.3) is 0 Å². The normalized spacial score (nSPS) is 10.9. The smallest absolute Gasteiger partial charge is 0.329 e. The van der Waals surface area contributed by atoms with Gasteiger partial charge in [-0.15, -0.1) is 0 Å². The van der Waals surface area contributed by atoms with Crippen molar-refractivity contribution in [3.8, 4) is 5.75 Å². The van der Waals surface area contributed by atoms with Gasteiger partial charge in [0.15, 0.2) is 0 Å². The molecule has 2 amide bonds. The molecule has 0 spiro atoms. The van der Waals surface area contributed by atoms with Crippen molar-refractivity contribution in [3.05, 3.63) is 63.6 Å². The van der Waals surface area contributed by atoms with Gasteiger partial charge in [-0.2, -0.15) is 5.10 Å². The van der Waals surface area contributed by atoms with E-state index >= 15 is 0 Å². The summed E-state index contributed by atoms with van der Waals surface area (Å²) in [6.07, 6.45) is 1.44. The predicted octanol–water partition coefficient (Wildman–Crippen LogP) is 3.79. The Morgan fingerprint density at radius 1 is 1.11 bits per heavy atom. The molecule has 0 aliphatic carbocycles. The molecule has 0 aromatic heterocycles. The zero-order chi connectivity index (χ0) is 20.5. The summed E-state index contributed by atoms with van der Waals surface area (Å²) < 4.78 is 5.69. The Kier molecular flexibility index (Phi) is 8.29. The van der Waals surface area contributed by atoms with Crippen LogP contribution < -0.4 is 15.5 Å². The number of hydrogen-bond donors (Lipinski definition) is 2. The zero-order valence-corrected chi connectivity index (χ0v) is 17.1. The molecule has 0 radical (unpaired) electrons. The summed E-state index contributed by atoms with van der Waals surface area (Å²) in [4.78, 5) is 23.1. The molecule has 2 aromatic rings. The summed E-state index contributed by atoms with van der Waals surface area (Å²) in [5.41, 5.74) is 3.75. The molecule has 0 aliphatic heterocycles. The van der Waals surface area contributed by atoms with E-state index in [0.29, 0.717) is 28.9 Å². The molecule has 0 unspecified atom stereocenters. The first kappa shape index (κ1) is 21.7. The summed E-state index contributed by atoms with van der Waals surface area (Å²) in [5, 5.41) is 7.41. The summed E-state index contributed by atoms with van der Waals surface area (Å²) in [5.74, 6) is -0.607. The van der Waals surface area contributed by atoms with Gasteiger partial charge in [-0.1, -0.05) is 43.1 Å². The second-order valence-electron chi connectivity index (χ2n) is 6.40. The lowest BCUT2D eigenvalue weighted by Crippen LogP contribution is -2.39. The largest absolute Gasteiger partial charge is 0.489 e. The SMILES string of the molecule is CC(C)CNC(=O)C(=O)N/N=C/c1ccc(OCc2ccc(Cl)cc2Cl)cc1. The van der Waals surface area contributed by atoms with E-state index in [1.165, 1.54) is 6.21 Å². The lowest BCUT2D eigenvalue weighted by molar-refractivity contribution is -0.139. The van der Waals surface area contributed by atoms with E-state index in [1.54, 1.807) is 36.4 Å². The third-order valence-corrected chi connectivity index (χ3v) is 4.13. The van der Waals surface area contributed by atoms with Crippen LogP contribution in [0.5, 0.6) is 5.75 Å². The highest BCUT2D eigenvalue weighted by atomic mass is 35.5.